The average molecular weight is 323 g/mol. The zero-order chi connectivity index (χ0) is 15.6. The lowest BCUT2D eigenvalue weighted by Gasteiger charge is -2.07. The molecule has 0 aliphatic rings. The van der Waals surface area contributed by atoms with Gasteiger partial charge in [-0.25, -0.2) is 0 Å². The van der Waals surface area contributed by atoms with E-state index in [4.69, 9.17) is 0 Å². The van der Waals surface area contributed by atoms with Crippen molar-refractivity contribution in [2.45, 2.75) is 24.1 Å². The summed E-state index contributed by atoms with van der Waals surface area (Å²) in [4.78, 5) is 25.6. The molecule has 0 aliphatic carbocycles. The molecule has 8 heteroatoms. The molecule has 0 radical (unpaired) electrons. The van der Waals surface area contributed by atoms with Crippen LogP contribution in [0, 0.1) is 11.3 Å². The fourth-order valence-corrected chi connectivity index (χ4v) is 3.91. The third kappa shape index (κ3) is 3.37. The molecule has 0 aliphatic heterocycles. The Balaban J connectivity index is 2.33. The van der Waals surface area contributed by atoms with Gasteiger partial charge in [-0.1, -0.05) is 0 Å². The van der Waals surface area contributed by atoms with Crippen LogP contribution in [0.15, 0.2) is 15.1 Å². The first-order valence-corrected chi connectivity index (χ1v) is 7.93. The molecule has 0 saturated carbocycles. The van der Waals surface area contributed by atoms with E-state index in [1.54, 1.807) is 0 Å². The minimum Gasteiger partial charge on any atom is -0.506 e. The molecular weight excluding hydrogens is 310 g/mol. The van der Waals surface area contributed by atoms with Gasteiger partial charge in [-0.3, -0.25) is 9.59 Å². The van der Waals surface area contributed by atoms with Crippen molar-refractivity contribution < 1.29 is 9.90 Å². The van der Waals surface area contributed by atoms with E-state index in [9.17, 15) is 20.0 Å². The van der Waals surface area contributed by atoms with Crippen molar-refractivity contribution in [2.75, 3.05) is 5.75 Å². The molecule has 0 spiro atoms. The van der Waals surface area contributed by atoms with Gasteiger partial charge in [0, 0.05) is 12.1 Å². The molecule has 2 heterocycles. The number of amides is 1. The number of pyridine rings is 1. The lowest BCUT2D eigenvalue weighted by atomic mass is 10.3. The number of thioether (sulfide) groups is 1. The number of nitriles is 1. The Kier molecular flexibility index (Phi) is 4.55. The number of rotatable bonds is 4. The van der Waals surface area contributed by atoms with Crippen molar-refractivity contribution in [3.8, 4) is 11.8 Å². The van der Waals surface area contributed by atoms with Crippen molar-refractivity contribution in [1.29, 1.82) is 5.26 Å². The van der Waals surface area contributed by atoms with Gasteiger partial charge < -0.3 is 15.4 Å². The number of hydrogen-bond acceptors (Lipinski definition) is 6. The number of carbonyl (C=O) groups is 1. The van der Waals surface area contributed by atoms with E-state index in [1.165, 1.54) is 23.1 Å². The van der Waals surface area contributed by atoms with Crippen LogP contribution in [0.2, 0.25) is 0 Å². The van der Waals surface area contributed by atoms with E-state index >= 15 is 0 Å². The Morgan fingerprint density at radius 3 is 2.95 bits per heavy atom. The average Bonchev–Trinajstić information content (AvgIpc) is 2.73. The molecule has 110 valence electrons. The summed E-state index contributed by atoms with van der Waals surface area (Å²) in [6, 6.07) is 3.14. The molecule has 0 unspecified atom stereocenters. The van der Waals surface area contributed by atoms with Crippen LogP contribution in [0.4, 0.5) is 0 Å². The number of carbonyl (C=O) groups excluding carboxylic acids is 1. The Hall–Kier alpha value is -1.98. The highest BCUT2D eigenvalue weighted by atomic mass is 32.2. The molecule has 0 saturated heterocycles. The fraction of sp³-hybridized carbons (Fsp3) is 0.308. The van der Waals surface area contributed by atoms with Gasteiger partial charge in [-0.15, -0.1) is 23.1 Å². The summed E-state index contributed by atoms with van der Waals surface area (Å²) in [6.45, 7) is 3.73. The van der Waals surface area contributed by atoms with Gasteiger partial charge in [0.05, 0.1) is 20.2 Å². The number of thiophene rings is 1. The van der Waals surface area contributed by atoms with Crippen LogP contribution in [0.3, 0.4) is 0 Å². The third-order valence-electron chi connectivity index (χ3n) is 2.52. The molecule has 3 N–H and O–H groups in total. The van der Waals surface area contributed by atoms with E-state index in [0.717, 1.165) is 6.07 Å². The van der Waals surface area contributed by atoms with Crippen molar-refractivity contribution in [1.82, 2.24) is 10.3 Å². The number of nitrogens with one attached hydrogen (secondary N) is 2. The van der Waals surface area contributed by atoms with Crippen molar-refractivity contribution in [2.24, 2.45) is 0 Å². The van der Waals surface area contributed by atoms with Crippen LogP contribution in [0.25, 0.3) is 10.2 Å². The molecule has 21 heavy (non-hydrogen) atoms. The van der Waals surface area contributed by atoms with E-state index in [0.29, 0.717) is 14.4 Å². The normalized spacial score (nSPS) is 10.8. The van der Waals surface area contributed by atoms with Gasteiger partial charge in [0.15, 0.2) is 0 Å². The molecule has 0 aromatic carbocycles. The summed E-state index contributed by atoms with van der Waals surface area (Å²) < 4.78 is 1.04. The molecule has 2 rings (SSSR count). The van der Waals surface area contributed by atoms with Crippen molar-refractivity contribution >= 4 is 39.2 Å². The minimum atomic E-state index is -0.469. The molecule has 0 atom stereocenters. The second-order valence-electron chi connectivity index (χ2n) is 4.61. The zero-order valence-electron chi connectivity index (χ0n) is 11.4. The maximum Gasteiger partial charge on any atom is 0.252 e. The highest BCUT2D eigenvalue weighted by molar-refractivity contribution is 8.02. The molecule has 6 nitrogen and oxygen atoms in total. The maximum atomic E-state index is 11.6. The quantitative estimate of drug-likeness (QED) is 0.744. The van der Waals surface area contributed by atoms with Gasteiger partial charge in [-0.2, -0.15) is 5.26 Å². The van der Waals surface area contributed by atoms with Crippen LogP contribution in [0.1, 0.15) is 19.4 Å². The number of hydrogen-bond donors (Lipinski definition) is 3. The van der Waals surface area contributed by atoms with Gasteiger partial charge in [0.25, 0.3) is 5.56 Å². The molecule has 2 aromatic rings. The first kappa shape index (κ1) is 15.4. The van der Waals surface area contributed by atoms with E-state index in [-0.39, 0.29) is 29.0 Å². The number of nitrogens with zero attached hydrogens (tertiary/aromatic N) is 1. The van der Waals surface area contributed by atoms with E-state index in [2.05, 4.69) is 10.3 Å². The van der Waals surface area contributed by atoms with E-state index < -0.39 is 5.56 Å². The van der Waals surface area contributed by atoms with Gasteiger partial charge in [-0.05, 0) is 13.8 Å². The Morgan fingerprint density at radius 1 is 1.62 bits per heavy atom. The predicted octanol–water partition coefficient (Wildman–Crippen LogP) is 1.78. The number of aromatic nitrogens is 1. The topological polar surface area (TPSA) is 106 Å². The first-order valence-electron chi connectivity index (χ1n) is 6.13. The number of aromatic amines is 1. The lowest BCUT2D eigenvalue weighted by molar-refractivity contribution is -0.119. The molecule has 0 bridgehead atoms. The van der Waals surface area contributed by atoms with Gasteiger partial charge in [0.1, 0.15) is 17.4 Å². The Morgan fingerprint density at radius 2 is 2.33 bits per heavy atom. The van der Waals surface area contributed by atoms with Crippen LogP contribution in [0.5, 0.6) is 5.75 Å². The Bertz CT molecular complexity index is 786. The second-order valence-corrected chi connectivity index (χ2v) is 6.87. The monoisotopic (exact) mass is 323 g/mol. The standard InChI is InChI=1S/C13H13N3O3S2/c1-6(2)15-10(19)5-20-13-7(4-14)11-12(21-13)8(17)3-9(18)16-11/h3,6H,5H2,1-2H3,(H,15,19)(H2,16,17,18). The number of fused-ring (bicyclic) bond motifs is 1. The minimum absolute atomic E-state index is 0.0522. The summed E-state index contributed by atoms with van der Waals surface area (Å²) in [5.41, 5.74) is 0.132. The Labute approximate surface area is 128 Å². The van der Waals surface area contributed by atoms with Crippen LogP contribution in [-0.2, 0) is 4.79 Å². The second kappa shape index (κ2) is 6.20. The summed E-state index contributed by atoms with van der Waals surface area (Å²) in [5.74, 6) is -0.118. The SMILES string of the molecule is CC(C)NC(=O)CSc1sc2c(O)cc(=O)[nH]c2c1C#N. The number of H-pyrrole nitrogens is 1. The van der Waals surface area contributed by atoms with Crippen LogP contribution in [-0.4, -0.2) is 27.8 Å². The molecule has 0 fully saturated rings. The summed E-state index contributed by atoms with van der Waals surface area (Å²) in [7, 11) is 0. The summed E-state index contributed by atoms with van der Waals surface area (Å²) in [6.07, 6.45) is 0. The predicted molar refractivity (Wildman–Crippen MR) is 82.8 cm³/mol. The maximum absolute atomic E-state index is 11.6. The molecule has 2 aromatic heterocycles. The van der Waals surface area contributed by atoms with Crippen molar-refractivity contribution in [3.05, 3.63) is 22.0 Å². The lowest BCUT2D eigenvalue weighted by Crippen LogP contribution is -2.31. The van der Waals surface area contributed by atoms with E-state index in [1.807, 2.05) is 19.9 Å². The van der Waals surface area contributed by atoms with Crippen LogP contribution < -0.4 is 10.9 Å². The smallest absolute Gasteiger partial charge is 0.252 e. The molecule has 1 amide bonds. The highest BCUT2D eigenvalue weighted by Crippen LogP contribution is 2.39. The van der Waals surface area contributed by atoms with Crippen LogP contribution >= 0.6 is 23.1 Å². The molecular formula is C13H13N3O3S2. The third-order valence-corrected chi connectivity index (χ3v) is 5.00. The summed E-state index contributed by atoms with van der Waals surface area (Å²) >= 11 is 2.40. The van der Waals surface area contributed by atoms with Crippen molar-refractivity contribution in [3.63, 3.8) is 0 Å². The highest BCUT2D eigenvalue weighted by Gasteiger charge is 2.17. The van der Waals surface area contributed by atoms with Gasteiger partial charge >= 0.3 is 0 Å². The number of aromatic hydroxyl groups is 1. The fourth-order valence-electron chi connectivity index (χ4n) is 1.76. The largest absolute Gasteiger partial charge is 0.506 e. The zero-order valence-corrected chi connectivity index (χ0v) is 13.0. The summed E-state index contributed by atoms with van der Waals surface area (Å²) in [5, 5.41) is 21.8. The van der Waals surface area contributed by atoms with Gasteiger partial charge in [0.2, 0.25) is 5.91 Å². The first-order chi connectivity index (χ1) is 9.92.